The van der Waals surface area contributed by atoms with Crippen LogP contribution in [0.15, 0.2) is 31.9 Å². The third-order valence-electron chi connectivity index (χ3n) is 3.62. The van der Waals surface area contributed by atoms with E-state index in [1.807, 2.05) is 6.07 Å². The van der Waals surface area contributed by atoms with Gasteiger partial charge in [-0.05, 0) is 18.1 Å². The summed E-state index contributed by atoms with van der Waals surface area (Å²) in [5, 5.41) is 10.3. The molecular weight excluding hydrogens is 501 g/mol. The van der Waals surface area contributed by atoms with E-state index in [-0.39, 0.29) is 24.0 Å². The minimum atomic E-state index is -3.39. The van der Waals surface area contributed by atoms with Crippen LogP contribution in [0, 0.1) is 0 Å². The summed E-state index contributed by atoms with van der Waals surface area (Å²) in [5.74, 6) is 1.64. The number of halogens is 1. The number of aliphatic imine (C=N–C) groups is 1. The molecule has 0 fully saturated rings. The summed E-state index contributed by atoms with van der Waals surface area (Å²) in [6.07, 6.45) is 0. The van der Waals surface area contributed by atoms with E-state index in [0.29, 0.717) is 29.2 Å². The van der Waals surface area contributed by atoms with Crippen LogP contribution in [0.2, 0.25) is 0 Å². The summed E-state index contributed by atoms with van der Waals surface area (Å²) in [4.78, 5) is 5.05. The Morgan fingerprint density at radius 3 is 2.52 bits per heavy atom. The summed E-state index contributed by atoms with van der Waals surface area (Å²) in [5.41, 5.74) is 0.915. The fraction of sp³-hybridized carbons (Fsp3) is 0.500. The SMILES string of the molecule is CN=C(NCc1cc(C(C)C)no1)NCc1ccc(S(=O)(=O)N(C)C)s1.I. The molecule has 0 aromatic carbocycles. The van der Waals surface area contributed by atoms with Gasteiger partial charge in [-0.15, -0.1) is 35.3 Å². The van der Waals surface area contributed by atoms with Gasteiger partial charge < -0.3 is 15.2 Å². The van der Waals surface area contributed by atoms with E-state index in [9.17, 15) is 8.42 Å². The highest BCUT2D eigenvalue weighted by atomic mass is 127. The first-order chi connectivity index (χ1) is 12.2. The zero-order chi connectivity index (χ0) is 19.3. The summed E-state index contributed by atoms with van der Waals surface area (Å²) in [6, 6.07) is 5.34. The Balaban J connectivity index is 0.00000364. The van der Waals surface area contributed by atoms with Crippen LogP contribution in [0.4, 0.5) is 0 Å². The smallest absolute Gasteiger partial charge is 0.252 e. The van der Waals surface area contributed by atoms with Crippen molar-refractivity contribution in [1.29, 1.82) is 0 Å². The quantitative estimate of drug-likeness (QED) is 0.326. The third kappa shape index (κ3) is 6.43. The molecule has 8 nitrogen and oxygen atoms in total. The lowest BCUT2D eigenvalue weighted by Gasteiger charge is -2.10. The van der Waals surface area contributed by atoms with E-state index in [2.05, 4.69) is 34.6 Å². The van der Waals surface area contributed by atoms with Gasteiger partial charge in [0.2, 0.25) is 0 Å². The molecule has 11 heteroatoms. The number of aromatic nitrogens is 1. The molecule has 152 valence electrons. The topological polar surface area (TPSA) is 99.8 Å². The normalized spacial score (nSPS) is 12.3. The van der Waals surface area contributed by atoms with Gasteiger partial charge >= 0.3 is 0 Å². The number of nitrogens with zero attached hydrogens (tertiary/aromatic N) is 3. The highest BCUT2D eigenvalue weighted by molar-refractivity contribution is 14.0. The molecule has 0 aliphatic rings. The van der Waals surface area contributed by atoms with Crippen molar-refractivity contribution < 1.29 is 12.9 Å². The number of hydrogen-bond donors (Lipinski definition) is 2. The van der Waals surface area contributed by atoms with Gasteiger partial charge in [-0.2, -0.15) is 0 Å². The van der Waals surface area contributed by atoms with E-state index >= 15 is 0 Å². The van der Waals surface area contributed by atoms with Crippen LogP contribution in [0.25, 0.3) is 0 Å². The Morgan fingerprint density at radius 2 is 1.96 bits per heavy atom. The van der Waals surface area contributed by atoms with Crippen molar-refractivity contribution in [2.45, 2.75) is 37.1 Å². The molecule has 2 N–H and O–H groups in total. The van der Waals surface area contributed by atoms with E-state index < -0.39 is 10.0 Å². The molecule has 0 aliphatic heterocycles. The van der Waals surface area contributed by atoms with Gasteiger partial charge in [0.25, 0.3) is 10.0 Å². The van der Waals surface area contributed by atoms with Crippen LogP contribution >= 0.6 is 35.3 Å². The van der Waals surface area contributed by atoms with Crippen LogP contribution in [-0.4, -0.2) is 45.0 Å². The van der Waals surface area contributed by atoms with Crippen molar-refractivity contribution in [1.82, 2.24) is 20.1 Å². The van der Waals surface area contributed by atoms with Crippen molar-refractivity contribution in [3.63, 3.8) is 0 Å². The summed E-state index contributed by atoms with van der Waals surface area (Å²) >= 11 is 1.24. The highest BCUT2D eigenvalue weighted by Crippen LogP contribution is 2.23. The second-order valence-electron chi connectivity index (χ2n) is 6.16. The molecule has 2 rings (SSSR count). The lowest BCUT2D eigenvalue weighted by molar-refractivity contribution is 0.372. The molecule has 2 aromatic heterocycles. The first kappa shape index (κ1) is 23.9. The molecule has 27 heavy (non-hydrogen) atoms. The van der Waals surface area contributed by atoms with Crippen molar-refractivity contribution in [3.8, 4) is 0 Å². The van der Waals surface area contributed by atoms with E-state index in [4.69, 9.17) is 4.52 Å². The zero-order valence-corrected chi connectivity index (χ0v) is 20.0. The minimum absolute atomic E-state index is 0. The summed E-state index contributed by atoms with van der Waals surface area (Å²) in [6.45, 7) is 5.05. The molecule has 0 amide bonds. The number of hydrogen-bond acceptors (Lipinski definition) is 6. The van der Waals surface area contributed by atoms with Crippen molar-refractivity contribution in [2.24, 2.45) is 4.99 Å². The predicted molar refractivity (Wildman–Crippen MR) is 118 cm³/mol. The van der Waals surface area contributed by atoms with E-state index in [1.165, 1.54) is 29.7 Å². The predicted octanol–water partition coefficient (Wildman–Crippen LogP) is 2.59. The average molecular weight is 527 g/mol. The van der Waals surface area contributed by atoms with Crippen molar-refractivity contribution in [2.75, 3.05) is 21.1 Å². The first-order valence-electron chi connectivity index (χ1n) is 8.15. The minimum Gasteiger partial charge on any atom is -0.359 e. The molecule has 0 saturated heterocycles. The average Bonchev–Trinajstić information content (AvgIpc) is 3.24. The van der Waals surface area contributed by atoms with Gasteiger partial charge in [-0.1, -0.05) is 19.0 Å². The molecule has 2 heterocycles. The number of guanidine groups is 1. The standard InChI is InChI=1S/C16H25N5O3S2.HI/c1-11(2)14-8-12(24-20-14)9-18-16(17-3)19-10-13-6-7-15(25-13)26(22,23)21(4)5;/h6-8,11H,9-10H2,1-5H3,(H2,17,18,19);1H. The molecule has 0 unspecified atom stereocenters. The number of thiophene rings is 1. The lowest BCUT2D eigenvalue weighted by Crippen LogP contribution is -2.36. The Bertz CT molecular complexity index is 859. The third-order valence-corrected chi connectivity index (χ3v) is 6.99. The van der Waals surface area contributed by atoms with Gasteiger partial charge in [-0.25, -0.2) is 12.7 Å². The first-order valence-corrected chi connectivity index (χ1v) is 10.4. The molecule has 0 bridgehead atoms. The van der Waals surface area contributed by atoms with Crippen LogP contribution in [0.3, 0.4) is 0 Å². The molecular formula is C16H26IN5O3S2. The van der Waals surface area contributed by atoms with E-state index in [0.717, 1.165) is 16.3 Å². The molecule has 2 aromatic rings. The maximum atomic E-state index is 12.1. The van der Waals surface area contributed by atoms with Crippen molar-refractivity contribution >= 4 is 51.3 Å². The monoisotopic (exact) mass is 527 g/mol. The number of sulfonamides is 1. The fourth-order valence-electron chi connectivity index (χ4n) is 2.02. The Kier molecular flexibility index (Phi) is 9.18. The second kappa shape index (κ2) is 10.4. The molecule has 0 radical (unpaired) electrons. The molecule has 0 atom stereocenters. The lowest BCUT2D eigenvalue weighted by atomic mass is 10.1. The van der Waals surface area contributed by atoms with Crippen molar-refractivity contribution in [3.05, 3.63) is 34.5 Å². The highest BCUT2D eigenvalue weighted by Gasteiger charge is 2.19. The van der Waals surface area contributed by atoms with Gasteiger partial charge in [0.15, 0.2) is 11.7 Å². The van der Waals surface area contributed by atoms with Crippen LogP contribution in [0.1, 0.15) is 36.1 Å². The van der Waals surface area contributed by atoms with Crippen LogP contribution < -0.4 is 10.6 Å². The van der Waals surface area contributed by atoms with Gasteiger partial charge in [0.1, 0.15) is 4.21 Å². The number of rotatable bonds is 7. The Labute approximate surface area is 181 Å². The van der Waals surface area contributed by atoms with Crippen LogP contribution in [0.5, 0.6) is 0 Å². The van der Waals surface area contributed by atoms with Gasteiger partial charge in [-0.3, -0.25) is 4.99 Å². The van der Waals surface area contributed by atoms with Gasteiger partial charge in [0, 0.05) is 32.1 Å². The summed E-state index contributed by atoms with van der Waals surface area (Å²) < 4.78 is 31.0. The molecule has 0 spiro atoms. The maximum Gasteiger partial charge on any atom is 0.252 e. The Hall–Kier alpha value is -1.18. The van der Waals surface area contributed by atoms with Crippen LogP contribution in [-0.2, 0) is 23.1 Å². The number of nitrogens with one attached hydrogen (secondary N) is 2. The summed E-state index contributed by atoms with van der Waals surface area (Å²) in [7, 11) is 1.32. The Morgan fingerprint density at radius 1 is 1.30 bits per heavy atom. The second-order valence-corrected chi connectivity index (χ2v) is 9.71. The largest absolute Gasteiger partial charge is 0.359 e. The molecule has 0 aliphatic carbocycles. The maximum absolute atomic E-state index is 12.1. The van der Waals surface area contributed by atoms with E-state index in [1.54, 1.807) is 19.2 Å². The van der Waals surface area contributed by atoms with Gasteiger partial charge in [0.05, 0.1) is 18.8 Å². The zero-order valence-electron chi connectivity index (χ0n) is 16.0. The fourth-order valence-corrected chi connectivity index (χ4v) is 4.48. The molecule has 0 saturated carbocycles.